The average Bonchev–Trinajstić information content (AvgIpc) is 2.44. The number of rotatable bonds is 12. The third-order valence-corrected chi connectivity index (χ3v) is 6.60. The van der Waals surface area contributed by atoms with Crippen molar-refractivity contribution >= 4 is 20.7 Å². The van der Waals surface area contributed by atoms with Gasteiger partial charge in [0.05, 0.1) is 12.1 Å². The van der Waals surface area contributed by atoms with Crippen LogP contribution in [0.15, 0.2) is 0 Å². The Kier molecular flexibility index (Phi) is 10.2. The number of hydrogen-bond acceptors (Lipinski definition) is 5. The van der Waals surface area contributed by atoms with E-state index >= 15 is 0 Å². The van der Waals surface area contributed by atoms with Gasteiger partial charge in [-0.1, -0.05) is 13.8 Å². The topological polar surface area (TPSA) is 94.1 Å². The monoisotopic (exact) mass is 335 g/mol. The van der Waals surface area contributed by atoms with Crippen LogP contribution in [0, 0.1) is 5.92 Å². The second-order valence-corrected chi connectivity index (χ2v) is 7.64. The molecule has 0 aliphatic heterocycles. The number of nitrogens with one attached hydrogen (secondary N) is 1. The van der Waals surface area contributed by atoms with Crippen LogP contribution in [0.1, 0.15) is 47.5 Å². The van der Waals surface area contributed by atoms with Gasteiger partial charge < -0.3 is 23.7 Å². The first-order chi connectivity index (χ1) is 10.4. The van der Waals surface area contributed by atoms with Crippen LogP contribution in [0.25, 0.3) is 0 Å². The number of aliphatic carboxylic acids is 1. The van der Waals surface area contributed by atoms with E-state index in [1.54, 1.807) is 6.92 Å². The van der Waals surface area contributed by atoms with Crippen LogP contribution in [0.5, 0.6) is 0 Å². The predicted molar refractivity (Wildman–Crippen MR) is 84.3 cm³/mol. The van der Waals surface area contributed by atoms with E-state index in [0.29, 0.717) is 26.2 Å². The fourth-order valence-electron chi connectivity index (χ4n) is 2.14. The van der Waals surface area contributed by atoms with Gasteiger partial charge in [-0.15, -0.1) is 0 Å². The standard InChI is InChI=1S/C14H29NO6Si/c1-6-12(15-14(18)11(5)10-13(16)17)22(19-7-2,20-8-3)21-9-4/h11-12H,6-10H2,1-5H3,(H,15,18)(H,16,17). The molecule has 0 saturated carbocycles. The zero-order valence-corrected chi connectivity index (χ0v) is 15.2. The van der Waals surface area contributed by atoms with Gasteiger partial charge in [-0.25, -0.2) is 0 Å². The van der Waals surface area contributed by atoms with Gasteiger partial charge in [0.1, 0.15) is 0 Å². The second-order valence-electron chi connectivity index (χ2n) is 4.87. The van der Waals surface area contributed by atoms with E-state index in [-0.39, 0.29) is 12.3 Å². The normalized spacial score (nSPS) is 14.4. The highest BCUT2D eigenvalue weighted by Crippen LogP contribution is 2.18. The lowest BCUT2D eigenvalue weighted by atomic mass is 10.1. The molecule has 0 spiro atoms. The van der Waals surface area contributed by atoms with Gasteiger partial charge in [-0.3, -0.25) is 9.59 Å². The SMILES string of the molecule is CCO[Si](OCC)(OCC)C(CC)NC(=O)C(C)CC(=O)O. The van der Waals surface area contributed by atoms with Gasteiger partial charge in [0.15, 0.2) is 0 Å². The molecule has 0 aromatic rings. The van der Waals surface area contributed by atoms with Gasteiger partial charge in [-0.05, 0) is 27.2 Å². The van der Waals surface area contributed by atoms with E-state index in [0.717, 1.165) is 0 Å². The molecule has 0 bridgehead atoms. The van der Waals surface area contributed by atoms with Crippen molar-refractivity contribution in [1.82, 2.24) is 5.32 Å². The molecule has 0 fully saturated rings. The maximum Gasteiger partial charge on any atom is 0.524 e. The van der Waals surface area contributed by atoms with Crippen molar-refractivity contribution < 1.29 is 28.0 Å². The third-order valence-electron chi connectivity index (χ3n) is 3.12. The molecule has 0 aromatic carbocycles. The van der Waals surface area contributed by atoms with Crippen LogP contribution in [-0.2, 0) is 22.9 Å². The summed E-state index contributed by atoms with van der Waals surface area (Å²) in [5.41, 5.74) is -0.393. The van der Waals surface area contributed by atoms with E-state index < -0.39 is 26.4 Å². The minimum absolute atomic E-state index is 0.214. The van der Waals surface area contributed by atoms with Crippen LogP contribution in [0.2, 0.25) is 0 Å². The van der Waals surface area contributed by atoms with Crippen molar-refractivity contribution in [2.45, 2.75) is 53.1 Å². The summed E-state index contributed by atoms with van der Waals surface area (Å²) in [7, 11) is -3.05. The maximum absolute atomic E-state index is 12.2. The molecule has 0 radical (unpaired) electrons. The summed E-state index contributed by atoms with van der Waals surface area (Å²) < 4.78 is 17.4. The van der Waals surface area contributed by atoms with Crippen molar-refractivity contribution in [3.05, 3.63) is 0 Å². The molecule has 7 nitrogen and oxygen atoms in total. The Morgan fingerprint density at radius 3 is 1.82 bits per heavy atom. The molecule has 2 unspecified atom stereocenters. The van der Waals surface area contributed by atoms with Crippen LogP contribution < -0.4 is 5.32 Å². The number of carboxylic acid groups (broad SMARTS) is 1. The fourth-order valence-corrected chi connectivity index (χ4v) is 5.02. The third kappa shape index (κ3) is 6.43. The Bertz CT molecular complexity index is 335. The summed E-state index contributed by atoms with van der Waals surface area (Å²) in [5.74, 6) is -1.95. The van der Waals surface area contributed by atoms with Crippen LogP contribution >= 0.6 is 0 Å². The number of amides is 1. The Balaban J connectivity index is 5.12. The van der Waals surface area contributed by atoms with Gasteiger partial charge in [0.25, 0.3) is 0 Å². The molecule has 2 N–H and O–H groups in total. The molecule has 2 atom stereocenters. The molecule has 8 heteroatoms. The first kappa shape index (κ1) is 21.0. The van der Waals surface area contributed by atoms with Crippen molar-refractivity contribution in [2.24, 2.45) is 5.92 Å². The van der Waals surface area contributed by atoms with E-state index in [4.69, 9.17) is 18.4 Å². The summed E-state index contributed by atoms with van der Waals surface area (Å²) in [6.45, 7) is 10.3. The summed E-state index contributed by atoms with van der Waals surface area (Å²) >= 11 is 0. The fraction of sp³-hybridized carbons (Fsp3) is 0.857. The van der Waals surface area contributed by atoms with Crippen LogP contribution in [-0.4, -0.2) is 51.3 Å². The van der Waals surface area contributed by atoms with Crippen molar-refractivity contribution in [3.8, 4) is 0 Å². The lowest BCUT2D eigenvalue weighted by Gasteiger charge is -2.35. The molecule has 0 aromatic heterocycles. The van der Waals surface area contributed by atoms with Crippen molar-refractivity contribution in [3.63, 3.8) is 0 Å². The molecule has 0 saturated heterocycles. The smallest absolute Gasteiger partial charge is 0.481 e. The van der Waals surface area contributed by atoms with Crippen molar-refractivity contribution in [1.29, 1.82) is 0 Å². The molecule has 130 valence electrons. The second kappa shape index (κ2) is 10.7. The zero-order valence-electron chi connectivity index (χ0n) is 14.2. The minimum atomic E-state index is -3.05. The van der Waals surface area contributed by atoms with Crippen LogP contribution in [0.4, 0.5) is 0 Å². The van der Waals surface area contributed by atoms with E-state index in [2.05, 4.69) is 5.32 Å². The first-order valence-corrected chi connectivity index (χ1v) is 9.60. The number of carbonyl (C=O) groups is 2. The summed E-state index contributed by atoms with van der Waals surface area (Å²) in [6, 6.07) is 0. The quantitative estimate of drug-likeness (QED) is 0.526. The highest BCUT2D eigenvalue weighted by atomic mass is 28.4. The van der Waals surface area contributed by atoms with Crippen LogP contribution in [0.3, 0.4) is 0 Å². The molecule has 1 amide bonds. The van der Waals surface area contributed by atoms with E-state index in [1.165, 1.54) is 0 Å². The van der Waals surface area contributed by atoms with E-state index in [9.17, 15) is 9.59 Å². The molecule has 0 aliphatic rings. The lowest BCUT2D eigenvalue weighted by molar-refractivity contribution is -0.140. The highest BCUT2D eigenvalue weighted by Gasteiger charge is 2.49. The molecule has 0 heterocycles. The Morgan fingerprint density at radius 2 is 1.50 bits per heavy atom. The number of carbonyl (C=O) groups excluding carboxylic acids is 1. The Hall–Kier alpha value is -0.963. The van der Waals surface area contributed by atoms with Gasteiger partial charge in [0, 0.05) is 25.7 Å². The van der Waals surface area contributed by atoms with E-state index in [1.807, 2.05) is 27.7 Å². The molecular formula is C14H29NO6Si. The summed E-state index contributed by atoms with van der Waals surface area (Å²) in [4.78, 5) is 22.9. The molecule has 0 rings (SSSR count). The van der Waals surface area contributed by atoms with Crippen molar-refractivity contribution in [2.75, 3.05) is 19.8 Å². The summed E-state index contributed by atoms with van der Waals surface area (Å²) in [5, 5.41) is 11.6. The molecular weight excluding hydrogens is 306 g/mol. The Labute approximate surface area is 133 Å². The number of hydrogen-bond donors (Lipinski definition) is 2. The largest absolute Gasteiger partial charge is 0.524 e. The highest BCUT2D eigenvalue weighted by molar-refractivity contribution is 6.62. The summed E-state index contributed by atoms with van der Waals surface area (Å²) in [6.07, 6.45) is 0.368. The predicted octanol–water partition coefficient (Wildman–Crippen LogP) is 1.58. The first-order valence-electron chi connectivity index (χ1n) is 7.80. The Morgan fingerprint density at radius 1 is 1.05 bits per heavy atom. The molecule has 0 aliphatic carbocycles. The number of carboxylic acids is 1. The minimum Gasteiger partial charge on any atom is -0.481 e. The zero-order chi connectivity index (χ0) is 17.2. The van der Waals surface area contributed by atoms with Gasteiger partial charge >= 0.3 is 14.8 Å². The molecule has 22 heavy (non-hydrogen) atoms. The van der Waals surface area contributed by atoms with Gasteiger partial charge in [-0.2, -0.15) is 0 Å². The average molecular weight is 335 g/mol. The van der Waals surface area contributed by atoms with Gasteiger partial charge in [0.2, 0.25) is 5.91 Å². The maximum atomic E-state index is 12.2. The lowest BCUT2D eigenvalue weighted by Crippen LogP contribution is -2.63.